The van der Waals surface area contributed by atoms with Gasteiger partial charge in [-0.15, -0.1) is 0 Å². The number of carbonyl (C=O) groups excluding carboxylic acids is 1. The van der Waals surface area contributed by atoms with Crippen LogP contribution in [0, 0.1) is 24.2 Å². The lowest BCUT2D eigenvalue weighted by atomic mass is 9.86. The Hall–Kier alpha value is -0.530. The van der Waals surface area contributed by atoms with Crippen LogP contribution in [0.5, 0.6) is 0 Å². The van der Waals surface area contributed by atoms with Crippen LogP contribution in [0.3, 0.4) is 0 Å². The van der Waals surface area contributed by atoms with Gasteiger partial charge in [0.15, 0.2) is 0 Å². The van der Waals surface area contributed by atoms with E-state index in [0.717, 1.165) is 11.8 Å². The van der Waals surface area contributed by atoms with Gasteiger partial charge in [0.25, 0.3) is 0 Å². The summed E-state index contributed by atoms with van der Waals surface area (Å²) in [6, 6.07) is 0. The first kappa shape index (κ1) is 7.14. The number of rotatable bonds is 2. The number of primary amides is 1. The van der Waals surface area contributed by atoms with Crippen molar-refractivity contribution in [1.82, 2.24) is 0 Å². The van der Waals surface area contributed by atoms with Crippen LogP contribution in [-0.4, -0.2) is 5.91 Å². The fourth-order valence-electron chi connectivity index (χ4n) is 2.71. The molecule has 1 radical (unpaired) electrons. The summed E-state index contributed by atoms with van der Waals surface area (Å²) < 4.78 is 0. The first-order valence-corrected chi connectivity index (χ1v) is 4.40. The molecule has 2 rings (SSSR count). The number of nitrogens with two attached hydrogens (primary N) is 1. The Morgan fingerprint density at radius 1 is 1.36 bits per heavy atom. The van der Waals surface area contributed by atoms with Gasteiger partial charge in [-0.25, -0.2) is 0 Å². The highest BCUT2D eigenvalue weighted by atomic mass is 16.1. The van der Waals surface area contributed by atoms with Crippen molar-refractivity contribution in [2.24, 2.45) is 23.5 Å². The first-order valence-electron chi connectivity index (χ1n) is 4.40. The molecule has 0 aliphatic heterocycles. The van der Waals surface area contributed by atoms with Gasteiger partial charge < -0.3 is 5.73 Å². The Morgan fingerprint density at radius 2 is 2.18 bits per heavy atom. The Bertz CT molecular complexity index is 178. The van der Waals surface area contributed by atoms with Gasteiger partial charge in [-0.1, -0.05) is 6.42 Å². The molecule has 3 atom stereocenters. The summed E-state index contributed by atoms with van der Waals surface area (Å²) in [7, 11) is 0. The highest BCUT2D eigenvalue weighted by Crippen LogP contribution is 2.49. The average molecular weight is 152 g/mol. The van der Waals surface area contributed by atoms with Gasteiger partial charge in [-0.2, -0.15) is 0 Å². The van der Waals surface area contributed by atoms with Crippen molar-refractivity contribution < 1.29 is 4.79 Å². The third-order valence-electron chi connectivity index (χ3n) is 3.17. The Morgan fingerprint density at radius 3 is 2.64 bits per heavy atom. The van der Waals surface area contributed by atoms with Crippen LogP contribution < -0.4 is 5.73 Å². The molecule has 11 heavy (non-hydrogen) atoms. The molecule has 0 aromatic rings. The van der Waals surface area contributed by atoms with E-state index in [1.54, 1.807) is 6.42 Å². The van der Waals surface area contributed by atoms with Crippen LogP contribution >= 0.6 is 0 Å². The van der Waals surface area contributed by atoms with E-state index in [2.05, 4.69) is 0 Å². The van der Waals surface area contributed by atoms with Crippen LogP contribution in [0.1, 0.15) is 25.7 Å². The molecule has 0 aromatic carbocycles. The van der Waals surface area contributed by atoms with E-state index < -0.39 is 0 Å². The van der Waals surface area contributed by atoms with Crippen molar-refractivity contribution in [3.8, 4) is 0 Å². The van der Waals surface area contributed by atoms with Crippen LogP contribution in [-0.2, 0) is 4.79 Å². The van der Waals surface area contributed by atoms with Crippen LogP contribution in [0.4, 0.5) is 0 Å². The van der Waals surface area contributed by atoms with E-state index in [-0.39, 0.29) is 5.91 Å². The molecule has 2 aliphatic rings. The van der Waals surface area contributed by atoms with E-state index >= 15 is 0 Å². The summed E-state index contributed by atoms with van der Waals surface area (Å²) in [6.45, 7) is 0. The third-order valence-corrected chi connectivity index (χ3v) is 3.17. The summed E-state index contributed by atoms with van der Waals surface area (Å²) in [5.41, 5.74) is 5.11. The third kappa shape index (κ3) is 1.26. The molecule has 2 heteroatoms. The maximum atomic E-state index is 10.6. The van der Waals surface area contributed by atoms with Crippen molar-refractivity contribution in [2.45, 2.75) is 25.7 Å². The molecule has 2 fully saturated rings. The summed E-state index contributed by atoms with van der Waals surface area (Å²) in [6.07, 6.45) is 6.98. The Labute approximate surface area is 67.1 Å². The molecular weight excluding hydrogens is 138 g/mol. The van der Waals surface area contributed by atoms with Crippen molar-refractivity contribution >= 4 is 5.91 Å². The smallest absolute Gasteiger partial charge is 0.221 e. The average Bonchev–Trinajstić information content (AvgIpc) is 2.45. The van der Waals surface area contributed by atoms with Gasteiger partial charge in [-0.05, 0) is 37.0 Å². The summed E-state index contributed by atoms with van der Waals surface area (Å²) >= 11 is 0. The molecule has 2 nitrogen and oxygen atoms in total. The zero-order chi connectivity index (χ0) is 7.84. The highest BCUT2D eigenvalue weighted by molar-refractivity contribution is 5.83. The van der Waals surface area contributed by atoms with E-state index in [1.165, 1.54) is 25.7 Å². The normalized spacial score (nSPS) is 41.3. The standard InChI is InChI=1S/C9H14NO/c10-9(11)5-8-4-6-1-2-7(8)3-6/h5-8H,1-4H2,(H2,10,11)/t6-,7-,8?/m1/s1. The molecular formula is C9H14NO. The summed E-state index contributed by atoms with van der Waals surface area (Å²) in [4.78, 5) is 10.6. The van der Waals surface area contributed by atoms with E-state index in [9.17, 15) is 4.79 Å². The van der Waals surface area contributed by atoms with Gasteiger partial charge in [0.1, 0.15) is 0 Å². The fourth-order valence-corrected chi connectivity index (χ4v) is 2.71. The lowest BCUT2D eigenvalue weighted by Gasteiger charge is -2.19. The van der Waals surface area contributed by atoms with Crippen molar-refractivity contribution in [3.63, 3.8) is 0 Å². The minimum Gasteiger partial charge on any atom is -0.369 e. The number of amides is 1. The summed E-state index contributed by atoms with van der Waals surface area (Å²) in [5.74, 6) is 1.97. The molecule has 0 saturated heterocycles. The molecule has 1 unspecified atom stereocenters. The SMILES string of the molecule is NC(=O)[CH]C1C[C@@H]2CC[C@@H]1C2. The molecule has 0 aromatic heterocycles. The second kappa shape index (κ2) is 2.50. The molecule has 1 amide bonds. The maximum Gasteiger partial charge on any atom is 0.221 e. The molecule has 2 saturated carbocycles. The van der Waals surface area contributed by atoms with E-state index in [1.807, 2.05) is 0 Å². The quantitative estimate of drug-likeness (QED) is 0.633. The maximum absolute atomic E-state index is 10.6. The second-order valence-electron chi connectivity index (χ2n) is 3.91. The molecule has 2 aliphatic carbocycles. The minimum absolute atomic E-state index is 0.234. The number of hydrogen-bond donors (Lipinski definition) is 1. The van der Waals surface area contributed by atoms with Gasteiger partial charge >= 0.3 is 0 Å². The predicted molar refractivity (Wildman–Crippen MR) is 42.4 cm³/mol. The van der Waals surface area contributed by atoms with Gasteiger partial charge in [0.05, 0.1) is 6.42 Å². The van der Waals surface area contributed by atoms with Crippen molar-refractivity contribution in [2.75, 3.05) is 0 Å². The highest BCUT2D eigenvalue weighted by Gasteiger charge is 2.39. The molecule has 0 heterocycles. The Balaban J connectivity index is 1.92. The van der Waals surface area contributed by atoms with Gasteiger partial charge in [0.2, 0.25) is 5.91 Å². The van der Waals surface area contributed by atoms with Crippen molar-refractivity contribution in [3.05, 3.63) is 6.42 Å². The molecule has 2 bridgehead atoms. The largest absolute Gasteiger partial charge is 0.369 e. The molecule has 2 N–H and O–H groups in total. The van der Waals surface area contributed by atoms with Crippen molar-refractivity contribution in [1.29, 1.82) is 0 Å². The Kier molecular flexibility index (Phi) is 1.63. The first-order chi connectivity index (χ1) is 5.25. The fraction of sp³-hybridized carbons (Fsp3) is 0.778. The summed E-state index contributed by atoms with van der Waals surface area (Å²) in [5, 5.41) is 0. The lowest BCUT2D eigenvalue weighted by Crippen LogP contribution is -2.21. The minimum atomic E-state index is -0.234. The van der Waals surface area contributed by atoms with Gasteiger partial charge in [-0.3, -0.25) is 4.79 Å². The number of carbonyl (C=O) groups is 1. The van der Waals surface area contributed by atoms with E-state index in [4.69, 9.17) is 5.73 Å². The molecule has 61 valence electrons. The predicted octanol–water partition coefficient (Wildman–Crippen LogP) is 1.11. The van der Waals surface area contributed by atoms with Crippen LogP contribution in [0.25, 0.3) is 0 Å². The monoisotopic (exact) mass is 152 g/mol. The zero-order valence-electron chi connectivity index (χ0n) is 6.62. The topological polar surface area (TPSA) is 43.1 Å². The van der Waals surface area contributed by atoms with E-state index in [0.29, 0.717) is 5.92 Å². The second-order valence-corrected chi connectivity index (χ2v) is 3.91. The zero-order valence-corrected chi connectivity index (χ0v) is 6.62. The number of hydrogen-bond acceptors (Lipinski definition) is 1. The van der Waals surface area contributed by atoms with Crippen LogP contribution in [0.15, 0.2) is 0 Å². The molecule has 0 spiro atoms. The lowest BCUT2D eigenvalue weighted by molar-refractivity contribution is -0.115. The van der Waals surface area contributed by atoms with Crippen LogP contribution in [0.2, 0.25) is 0 Å². The van der Waals surface area contributed by atoms with Gasteiger partial charge in [0, 0.05) is 0 Å². The number of fused-ring (bicyclic) bond motifs is 2.